The predicted molar refractivity (Wildman–Crippen MR) is 58.6 cm³/mol. The Hall–Kier alpha value is -1.36. The summed E-state index contributed by atoms with van der Waals surface area (Å²) >= 11 is 1.58. The van der Waals surface area contributed by atoms with E-state index in [0.717, 1.165) is 28.8 Å². The Morgan fingerprint density at radius 2 is 2.43 bits per heavy atom. The number of H-pyrrole nitrogens is 1. The summed E-state index contributed by atoms with van der Waals surface area (Å²) in [5, 5.41) is 5.91. The first-order chi connectivity index (χ1) is 6.83. The van der Waals surface area contributed by atoms with Gasteiger partial charge in [0.25, 0.3) is 0 Å². The molecule has 2 rings (SSSR count). The molecule has 14 heavy (non-hydrogen) atoms. The highest BCUT2D eigenvalue weighted by Gasteiger charge is 2.06. The van der Waals surface area contributed by atoms with Gasteiger partial charge in [-0.25, -0.2) is 9.97 Å². The van der Waals surface area contributed by atoms with Crippen LogP contribution in [0.4, 0.5) is 5.13 Å². The lowest BCUT2D eigenvalue weighted by Crippen LogP contribution is -1.87. The van der Waals surface area contributed by atoms with Crippen LogP contribution in [-0.4, -0.2) is 22.0 Å². The molecule has 0 saturated heterocycles. The van der Waals surface area contributed by atoms with Gasteiger partial charge in [0.2, 0.25) is 0 Å². The molecule has 0 aliphatic heterocycles. The van der Waals surface area contributed by atoms with Gasteiger partial charge in [-0.3, -0.25) is 0 Å². The molecule has 74 valence electrons. The number of rotatable bonds is 3. The molecule has 2 heterocycles. The second-order valence-electron chi connectivity index (χ2n) is 2.90. The summed E-state index contributed by atoms with van der Waals surface area (Å²) in [7, 11) is 1.86. The number of aromatic nitrogens is 3. The molecule has 0 aliphatic carbocycles. The zero-order chi connectivity index (χ0) is 9.97. The van der Waals surface area contributed by atoms with Gasteiger partial charge < -0.3 is 10.3 Å². The summed E-state index contributed by atoms with van der Waals surface area (Å²) in [5.41, 5.74) is 2.04. The van der Waals surface area contributed by atoms with Gasteiger partial charge in [-0.05, 0) is 6.42 Å². The molecule has 0 saturated carbocycles. The van der Waals surface area contributed by atoms with Crippen molar-refractivity contribution in [3.8, 4) is 11.5 Å². The average molecular weight is 208 g/mol. The maximum atomic E-state index is 4.36. The van der Waals surface area contributed by atoms with E-state index in [4.69, 9.17) is 0 Å². The molecule has 0 unspecified atom stereocenters. The number of nitrogens with zero attached hydrogens (tertiary/aromatic N) is 2. The summed E-state index contributed by atoms with van der Waals surface area (Å²) in [4.78, 5) is 11.8. The standard InChI is InChI=1S/C9H12N4S/c1-3-6-4-11-8(12-6)7-5-14-9(10-2)13-7/h4-5H,3H2,1-2H3,(H,10,13)(H,11,12). The second kappa shape index (κ2) is 3.79. The number of nitrogens with one attached hydrogen (secondary N) is 2. The Kier molecular flexibility index (Phi) is 2.49. The van der Waals surface area contributed by atoms with Gasteiger partial charge in [0.1, 0.15) is 5.69 Å². The lowest BCUT2D eigenvalue weighted by Gasteiger charge is -1.90. The second-order valence-corrected chi connectivity index (χ2v) is 3.76. The number of anilines is 1. The third-order valence-corrected chi connectivity index (χ3v) is 2.83. The number of thiazole rings is 1. The first-order valence-electron chi connectivity index (χ1n) is 4.51. The fourth-order valence-corrected chi connectivity index (χ4v) is 1.82. The van der Waals surface area contributed by atoms with Gasteiger partial charge in [-0.15, -0.1) is 11.3 Å². The van der Waals surface area contributed by atoms with E-state index in [1.54, 1.807) is 11.3 Å². The van der Waals surface area contributed by atoms with Crippen LogP contribution in [0.25, 0.3) is 11.5 Å². The van der Waals surface area contributed by atoms with E-state index in [2.05, 4.69) is 27.2 Å². The summed E-state index contributed by atoms with van der Waals surface area (Å²) in [5.74, 6) is 0.847. The molecule has 0 fully saturated rings. The van der Waals surface area contributed by atoms with E-state index >= 15 is 0 Å². The molecule has 0 bridgehead atoms. The van der Waals surface area contributed by atoms with Gasteiger partial charge in [0, 0.05) is 24.3 Å². The topological polar surface area (TPSA) is 53.6 Å². The Morgan fingerprint density at radius 1 is 1.57 bits per heavy atom. The van der Waals surface area contributed by atoms with Gasteiger partial charge in [-0.2, -0.15) is 0 Å². The summed E-state index contributed by atoms with van der Waals surface area (Å²) in [6.45, 7) is 2.09. The Bertz CT molecular complexity index is 378. The molecular weight excluding hydrogens is 196 g/mol. The minimum Gasteiger partial charge on any atom is -0.365 e. The first kappa shape index (κ1) is 9.21. The largest absolute Gasteiger partial charge is 0.365 e. The van der Waals surface area contributed by atoms with Crippen molar-refractivity contribution in [2.45, 2.75) is 13.3 Å². The molecule has 2 N–H and O–H groups in total. The van der Waals surface area contributed by atoms with Crippen molar-refractivity contribution in [2.24, 2.45) is 0 Å². The van der Waals surface area contributed by atoms with Crippen LogP contribution in [0.3, 0.4) is 0 Å². The van der Waals surface area contributed by atoms with Crippen molar-refractivity contribution in [3.63, 3.8) is 0 Å². The minimum absolute atomic E-state index is 0.847. The van der Waals surface area contributed by atoms with Crippen molar-refractivity contribution >= 4 is 16.5 Å². The first-order valence-corrected chi connectivity index (χ1v) is 5.39. The summed E-state index contributed by atoms with van der Waals surface area (Å²) in [6.07, 6.45) is 2.82. The Balaban J connectivity index is 2.29. The zero-order valence-corrected chi connectivity index (χ0v) is 8.98. The lowest BCUT2D eigenvalue weighted by atomic mass is 10.4. The molecule has 2 aromatic rings. The summed E-state index contributed by atoms with van der Waals surface area (Å²) in [6, 6.07) is 0. The van der Waals surface area contributed by atoms with E-state index in [-0.39, 0.29) is 0 Å². The predicted octanol–water partition coefficient (Wildman–Crippen LogP) is 2.14. The van der Waals surface area contributed by atoms with Crippen LogP contribution in [0.2, 0.25) is 0 Å². The van der Waals surface area contributed by atoms with Gasteiger partial charge in [0.15, 0.2) is 11.0 Å². The molecule has 4 nitrogen and oxygen atoms in total. The third-order valence-electron chi connectivity index (χ3n) is 1.97. The molecule has 0 amide bonds. The number of aromatic amines is 1. The maximum absolute atomic E-state index is 4.36. The van der Waals surface area contributed by atoms with E-state index in [0.29, 0.717) is 0 Å². The van der Waals surface area contributed by atoms with Crippen molar-refractivity contribution in [1.29, 1.82) is 0 Å². The Labute approximate surface area is 86.4 Å². The maximum Gasteiger partial charge on any atom is 0.183 e. The Morgan fingerprint density at radius 3 is 3.00 bits per heavy atom. The average Bonchev–Trinajstić information content (AvgIpc) is 2.86. The van der Waals surface area contributed by atoms with Crippen molar-refractivity contribution in [1.82, 2.24) is 15.0 Å². The fraction of sp³-hybridized carbons (Fsp3) is 0.333. The molecule has 0 aromatic carbocycles. The van der Waals surface area contributed by atoms with Crippen molar-refractivity contribution in [2.75, 3.05) is 12.4 Å². The molecular formula is C9H12N4S. The highest BCUT2D eigenvalue weighted by molar-refractivity contribution is 7.14. The molecule has 5 heteroatoms. The third kappa shape index (κ3) is 1.63. The molecule has 2 aromatic heterocycles. The molecule has 0 spiro atoms. The number of hydrogen-bond acceptors (Lipinski definition) is 4. The summed E-state index contributed by atoms with van der Waals surface area (Å²) < 4.78 is 0. The van der Waals surface area contributed by atoms with Crippen molar-refractivity contribution < 1.29 is 0 Å². The zero-order valence-electron chi connectivity index (χ0n) is 8.16. The minimum atomic E-state index is 0.847. The fourth-order valence-electron chi connectivity index (χ4n) is 1.17. The van der Waals surface area contributed by atoms with Crippen molar-refractivity contribution in [3.05, 3.63) is 17.3 Å². The SMILES string of the molecule is CCc1cnc(-c2csc(NC)n2)[nH]1. The molecule has 0 aliphatic rings. The number of hydrogen-bond donors (Lipinski definition) is 2. The van der Waals surface area contributed by atoms with E-state index in [1.165, 1.54) is 0 Å². The lowest BCUT2D eigenvalue weighted by molar-refractivity contribution is 1.06. The normalized spacial score (nSPS) is 10.4. The van der Waals surface area contributed by atoms with Gasteiger partial charge in [-0.1, -0.05) is 6.92 Å². The van der Waals surface area contributed by atoms with Crippen LogP contribution in [0, 0.1) is 0 Å². The smallest absolute Gasteiger partial charge is 0.183 e. The monoisotopic (exact) mass is 208 g/mol. The molecule has 0 radical (unpaired) electrons. The van der Waals surface area contributed by atoms with E-state index in [9.17, 15) is 0 Å². The van der Waals surface area contributed by atoms with E-state index in [1.807, 2.05) is 18.6 Å². The highest BCUT2D eigenvalue weighted by atomic mass is 32.1. The van der Waals surface area contributed by atoms with Gasteiger partial charge in [0.05, 0.1) is 0 Å². The van der Waals surface area contributed by atoms with Gasteiger partial charge >= 0.3 is 0 Å². The van der Waals surface area contributed by atoms with E-state index < -0.39 is 0 Å². The van der Waals surface area contributed by atoms with Crippen LogP contribution >= 0.6 is 11.3 Å². The number of aryl methyl sites for hydroxylation is 1. The van der Waals surface area contributed by atoms with Crippen LogP contribution in [0.15, 0.2) is 11.6 Å². The van der Waals surface area contributed by atoms with Crippen LogP contribution in [-0.2, 0) is 6.42 Å². The highest BCUT2D eigenvalue weighted by Crippen LogP contribution is 2.22. The molecule has 0 atom stereocenters. The quantitative estimate of drug-likeness (QED) is 0.812. The van der Waals surface area contributed by atoms with Crippen LogP contribution < -0.4 is 5.32 Å². The van der Waals surface area contributed by atoms with Crippen LogP contribution in [0.5, 0.6) is 0 Å². The number of imidazole rings is 1. The van der Waals surface area contributed by atoms with Crippen LogP contribution in [0.1, 0.15) is 12.6 Å².